The van der Waals surface area contributed by atoms with Gasteiger partial charge in [-0.25, -0.2) is 8.42 Å². The van der Waals surface area contributed by atoms with Gasteiger partial charge in [0.2, 0.25) is 0 Å². The number of hydrogen-bond donors (Lipinski definition) is 1. The topological polar surface area (TPSA) is 66.5 Å². The van der Waals surface area contributed by atoms with Gasteiger partial charge >= 0.3 is 0 Å². The lowest BCUT2D eigenvalue weighted by Crippen LogP contribution is -2.38. The maximum absolute atomic E-state index is 13.1. The molecule has 1 atom stereocenters. The predicted molar refractivity (Wildman–Crippen MR) is 116 cm³/mol. The molecule has 0 saturated carbocycles. The Hall–Kier alpha value is -2.64. The van der Waals surface area contributed by atoms with Gasteiger partial charge in [-0.15, -0.1) is 11.3 Å². The van der Waals surface area contributed by atoms with E-state index in [2.05, 4.69) is 16.2 Å². The van der Waals surface area contributed by atoms with Crippen molar-refractivity contribution in [3.05, 3.63) is 81.5 Å². The van der Waals surface area contributed by atoms with E-state index in [1.807, 2.05) is 24.8 Å². The molecule has 29 heavy (non-hydrogen) atoms. The highest BCUT2D eigenvalue weighted by Crippen LogP contribution is 2.33. The number of fused-ring (bicyclic) bond motifs is 1. The number of nitrogens with zero attached hydrogens (tertiary/aromatic N) is 1. The van der Waals surface area contributed by atoms with Crippen molar-refractivity contribution >= 4 is 33.0 Å². The van der Waals surface area contributed by atoms with E-state index in [9.17, 15) is 13.2 Å². The van der Waals surface area contributed by atoms with Crippen molar-refractivity contribution in [2.45, 2.75) is 31.2 Å². The minimum Gasteiger partial charge on any atom is -0.331 e. The number of benzene rings is 2. The highest BCUT2D eigenvalue weighted by molar-refractivity contribution is 7.92. The maximum atomic E-state index is 13.1. The average Bonchev–Trinajstić information content (AvgIpc) is 3.17. The van der Waals surface area contributed by atoms with Crippen molar-refractivity contribution in [3.63, 3.8) is 0 Å². The number of nitrogens with one attached hydrogen (secondary N) is 1. The number of sulfonamides is 1. The molecule has 1 aliphatic rings. The minimum atomic E-state index is -3.79. The summed E-state index contributed by atoms with van der Waals surface area (Å²) >= 11 is 1.72. The number of hydrogen-bond acceptors (Lipinski definition) is 4. The molecule has 2 aromatic carbocycles. The molecule has 0 fully saturated rings. The summed E-state index contributed by atoms with van der Waals surface area (Å²) in [4.78, 5) is 16.3. The van der Waals surface area contributed by atoms with E-state index in [0.29, 0.717) is 17.8 Å². The Bertz CT molecular complexity index is 1170. The van der Waals surface area contributed by atoms with Gasteiger partial charge in [0.15, 0.2) is 0 Å². The van der Waals surface area contributed by atoms with Crippen LogP contribution in [0, 0.1) is 6.92 Å². The SMILES string of the molecule is Cc1cccc(NS(=O)(=O)c2cccc(C(=O)N3CCc4sccc4C3C)c2)c1. The Morgan fingerprint density at radius 2 is 1.93 bits per heavy atom. The number of carbonyl (C=O) groups is 1. The molecule has 1 aliphatic heterocycles. The van der Waals surface area contributed by atoms with Gasteiger partial charge in [0, 0.05) is 22.7 Å². The Labute approximate surface area is 175 Å². The van der Waals surface area contributed by atoms with Gasteiger partial charge in [0.25, 0.3) is 15.9 Å². The first-order valence-electron chi connectivity index (χ1n) is 9.42. The lowest BCUT2D eigenvalue weighted by Gasteiger charge is -2.33. The quantitative estimate of drug-likeness (QED) is 0.662. The van der Waals surface area contributed by atoms with Gasteiger partial charge in [-0.3, -0.25) is 9.52 Å². The van der Waals surface area contributed by atoms with Crippen LogP contribution in [0.4, 0.5) is 5.69 Å². The molecule has 0 radical (unpaired) electrons. The summed E-state index contributed by atoms with van der Waals surface area (Å²) in [5.74, 6) is -0.151. The molecule has 4 rings (SSSR count). The summed E-state index contributed by atoms with van der Waals surface area (Å²) in [6.07, 6.45) is 0.829. The van der Waals surface area contributed by atoms with E-state index < -0.39 is 10.0 Å². The van der Waals surface area contributed by atoms with E-state index in [4.69, 9.17) is 0 Å². The zero-order valence-electron chi connectivity index (χ0n) is 16.3. The van der Waals surface area contributed by atoms with Gasteiger partial charge in [0.05, 0.1) is 10.9 Å². The third-order valence-corrected chi connectivity index (χ3v) is 7.58. The standard InChI is InChI=1S/C22H22N2O3S2/c1-15-5-3-7-18(13-15)23-29(26,27)19-8-4-6-17(14-19)22(25)24-11-9-21-20(16(24)2)10-12-28-21/h3-8,10,12-14,16,23H,9,11H2,1-2H3. The van der Waals surface area contributed by atoms with Crippen LogP contribution < -0.4 is 4.72 Å². The van der Waals surface area contributed by atoms with Gasteiger partial charge in [-0.05, 0) is 73.2 Å². The van der Waals surface area contributed by atoms with E-state index in [-0.39, 0.29) is 16.8 Å². The third kappa shape index (κ3) is 3.93. The van der Waals surface area contributed by atoms with E-state index >= 15 is 0 Å². The molecule has 7 heteroatoms. The first-order valence-corrected chi connectivity index (χ1v) is 11.8. The summed E-state index contributed by atoms with van der Waals surface area (Å²) < 4.78 is 28.2. The van der Waals surface area contributed by atoms with Gasteiger partial charge in [0.1, 0.15) is 0 Å². The first kappa shape index (κ1) is 19.7. The summed E-state index contributed by atoms with van der Waals surface area (Å²) in [6.45, 7) is 4.55. The van der Waals surface area contributed by atoms with Crippen LogP contribution in [0.2, 0.25) is 0 Å². The second kappa shape index (κ2) is 7.65. The van der Waals surface area contributed by atoms with Gasteiger partial charge in [-0.2, -0.15) is 0 Å². The molecule has 1 aromatic heterocycles. The number of thiophene rings is 1. The highest BCUT2D eigenvalue weighted by atomic mass is 32.2. The monoisotopic (exact) mass is 426 g/mol. The molecular formula is C22H22N2O3S2. The van der Waals surface area contributed by atoms with Crippen molar-refractivity contribution < 1.29 is 13.2 Å². The van der Waals surface area contributed by atoms with E-state index in [1.54, 1.807) is 41.7 Å². The molecule has 0 saturated heterocycles. The molecule has 5 nitrogen and oxygen atoms in total. The predicted octanol–water partition coefficient (Wildman–Crippen LogP) is 4.62. The number of amides is 1. The maximum Gasteiger partial charge on any atom is 0.261 e. The highest BCUT2D eigenvalue weighted by Gasteiger charge is 2.29. The number of anilines is 1. The molecule has 1 amide bonds. The third-order valence-electron chi connectivity index (χ3n) is 5.20. The zero-order valence-corrected chi connectivity index (χ0v) is 17.9. The second-order valence-corrected chi connectivity index (χ2v) is 9.91. The van der Waals surface area contributed by atoms with Crippen LogP contribution >= 0.6 is 11.3 Å². The number of rotatable bonds is 4. The first-order chi connectivity index (χ1) is 13.8. The smallest absolute Gasteiger partial charge is 0.261 e. The zero-order chi connectivity index (χ0) is 20.6. The van der Waals surface area contributed by atoms with Gasteiger partial charge < -0.3 is 4.90 Å². The van der Waals surface area contributed by atoms with Crippen LogP contribution in [-0.4, -0.2) is 25.8 Å². The van der Waals surface area contributed by atoms with Crippen LogP contribution in [0.25, 0.3) is 0 Å². The number of aryl methyl sites for hydroxylation is 1. The molecule has 2 heterocycles. The molecule has 150 valence electrons. The van der Waals surface area contributed by atoms with Crippen LogP contribution in [0.15, 0.2) is 64.9 Å². The Morgan fingerprint density at radius 1 is 1.14 bits per heavy atom. The molecule has 0 bridgehead atoms. The van der Waals surface area contributed by atoms with Crippen molar-refractivity contribution in [2.24, 2.45) is 0 Å². The van der Waals surface area contributed by atoms with Crippen molar-refractivity contribution in [1.82, 2.24) is 4.90 Å². The van der Waals surface area contributed by atoms with Crippen LogP contribution in [0.1, 0.15) is 39.3 Å². The van der Waals surface area contributed by atoms with E-state index in [0.717, 1.165) is 12.0 Å². The fourth-order valence-corrected chi connectivity index (χ4v) is 5.73. The lowest BCUT2D eigenvalue weighted by atomic mass is 10.0. The Balaban J connectivity index is 1.59. The Kier molecular flexibility index (Phi) is 5.19. The summed E-state index contributed by atoms with van der Waals surface area (Å²) in [7, 11) is -3.79. The molecule has 3 aromatic rings. The Morgan fingerprint density at radius 3 is 2.72 bits per heavy atom. The molecule has 0 spiro atoms. The average molecular weight is 427 g/mol. The summed E-state index contributed by atoms with van der Waals surface area (Å²) in [5, 5.41) is 2.05. The summed E-state index contributed by atoms with van der Waals surface area (Å²) in [6, 6.07) is 15.4. The van der Waals surface area contributed by atoms with Crippen molar-refractivity contribution in [1.29, 1.82) is 0 Å². The second-order valence-electron chi connectivity index (χ2n) is 7.23. The largest absolute Gasteiger partial charge is 0.331 e. The van der Waals surface area contributed by atoms with Crippen LogP contribution in [0.5, 0.6) is 0 Å². The van der Waals surface area contributed by atoms with Crippen molar-refractivity contribution in [2.75, 3.05) is 11.3 Å². The molecule has 1 unspecified atom stereocenters. The normalized spacial score (nSPS) is 16.3. The molecule has 0 aliphatic carbocycles. The minimum absolute atomic E-state index is 0.0248. The van der Waals surface area contributed by atoms with Crippen molar-refractivity contribution in [3.8, 4) is 0 Å². The van der Waals surface area contributed by atoms with Crippen LogP contribution in [-0.2, 0) is 16.4 Å². The number of carbonyl (C=O) groups excluding carboxylic acids is 1. The van der Waals surface area contributed by atoms with Gasteiger partial charge in [-0.1, -0.05) is 18.2 Å². The fourth-order valence-electron chi connectivity index (χ4n) is 3.67. The molecule has 1 N–H and O–H groups in total. The van der Waals surface area contributed by atoms with Crippen LogP contribution in [0.3, 0.4) is 0 Å². The lowest BCUT2D eigenvalue weighted by molar-refractivity contribution is 0.0679. The summed E-state index contributed by atoms with van der Waals surface area (Å²) in [5.41, 5.74) is 3.01. The molecular weight excluding hydrogens is 404 g/mol. The fraction of sp³-hybridized carbons (Fsp3) is 0.227. The van der Waals surface area contributed by atoms with E-state index in [1.165, 1.54) is 22.6 Å².